The van der Waals surface area contributed by atoms with Gasteiger partial charge in [0.15, 0.2) is 5.78 Å². The summed E-state index contributed by atoms with van der Waals surface area (Å²) in [4.78, 5) is 21.7. The van der Waals surface area contributed by atoms with Gasteiger partial charge in [0.2, 0.25) is 6.54 Å². The molecule has 2 atom stereocenters. The molecule has 5 nitrogen and oxygen atoms in total. The van der Waals surface area contributed by atoms with Crippen LogP contribution in [-0.4, -0.2) is 30.5 Å². The molecule has 0 amide bonds. The molecule has 0 N–H and O–H groups in total. The number of benzene rings is 1. The second-order valence-corrected chi connectivity index (χ2v) is 3.80. The van der Waals surface area contributed by atoms with Crippen LogP contribution in [0, 0.1) is 10.1 Å². The highest BCUT2D eigenvalue weighted by Gasteiger charge is 2.31. The molecule has 1 aromatic carbocycles. The highest BCUT2D eigenvalue weighted by atomic mass is 16.6. The summed E-state index contributed by atoms with van der Waals surface area (Å²) >= 11 is 0. The third-order valence-corrected chi connectivity index (χ3v) is 2.59. The van der Waals surface area contributed by atoms with Crippen LogP contribution < -0.4 is 0 Å². The maximum absolute atomic E-state index is 11.4. The Hall–Kier alpha value is -1.75. The van der Waals surface area contributed by atoms with Crippen molar-refractivity contribution in [2.75, 3.05) is 13.7 Å². The van der Waals surface area contributed by atoms with E-state index in [-0.39, 0.29) is 12.3 Å². The van der Waals surface area contributed by atoms with E-state index in [0.717, 1.165) is 5.56 Å². The van der Waals surface area contributed by atoms with Gasteiger partial charge in [-0.05, 0) is 12.5 Å². The van der Waals surface area contributed by atoms with Crippen molar-refractivity contribution in [2.45, 2.75) is 18.9 Å². The van der Waals surface area contributed by atoms with Crippen LogP contribution in [0.15, 0.2) is 30.3 Å². The zero-order valence-corrected chi connectivity index (χ0v) is 9.83. The highest BCUT2D eigenvalue weighted by molar-refractivity contribution is 5.81. The molecule has 0 fully saturated rings. The van der Waals surface area contributed by atoms with E-state index in [1.807, 2.05) is 6.07 Å². The van der Waals surface area contributed by atoms with Crippen molar-refractivity contribution in [3.63, 3.8) is 0 Å². The molecule has 5 heteroatoms. The fraction of sp³-hybridized carbons (Fsp3) is 0.417. The van der Waals surface area contributed by atoms with Gasteiger partial charge in [0, 0.05) is 12.0 Å². The minimum Gasteiger partial charge on any atom is -0.373 e. The van der Waals surface area contributed by atoms with E-state index in [1.54, 1.807) is 24.3 Å². The van der Waals surface area contributed by atoms with Gasteiger partial charge in [0.05, 0.1) is 5.92 Å². The molecule has 1 rings (SSSR count). The summed E-state index contributed by atoms with van der Waals surface area (Å²) in [6.07, 6.45) is -0.775. The molecule has 1 aromatic rings. The Labute approximate surface area is 99.5 Å². The number of methoxy groups -OCH3 is 1. The Morgan fingerprint density at radius 1 is 1.41 bits per heavy atom. The lowest BCUT2D eigenvalue weighted by Gasteiger charge is -2.21. The van der Waals surface area contributed by atoms with Crippen molar-refractivity contribution in [2.24, 2.45) is 0 Å². The van der Waals surface area contributed by atoms with E-state index in [2.05, 4.69) is 0 Å². The van der Waals surface area contributed by atoms with E-state index in [1.165, 1.54) is 14.0 Å². The van der Waals surface area contributed by atoms with Crippen LogP contribution in [0.5, 0.6) is 0 Å². The monoisotopic (exact) mass is 237 g/mol. The van der Waals surface area contributed by atoms with E-state index in [0.29, 0.717) is 0 Å². The fourth-order valence-electron chi connectivity index (χ4n) is 1.85. The average Bonchev–Trinajstić information content (AvgIpc) is 2.29. The molecule has 0 aliphatic rings. The van der Waals surface area contributed by atoms with Crippen molar-refractivity contribution >= 4 is 5.78 Å². The van der Waals surface area contributed by atoms with Crippen molar-refractivity contribution in [1.82, 2.24) is 0 Å². The Morgan fingerprint density at radius 3 is 2.41 bits per heavy atom. The van der Waals surface area contributed by atoms with E-state index in [9.17, 15) is 14.9 Å². The molecule has 0 saturated carbocycles. The van der Waals surface area contributed by atoms with E-state index in [4.69, 9.17) is 4.74 Å². The Bertz CT molecular complexity index is 391. The summed E-state index contributed by atoms with van der Waals surface area (Å²) in [6.45, 7) is 1.06. The standard InChI is InChI=1S/C12H15NO4/c1-9(14)12(17-2)11(8-13(15)16)10-6-4-3-5-7-10/h3-7,11-12H,8H2,1-2H3/t11-,12+/m1/s1. The topological polar surface area (TPSA) is 69.4 Å². The van der Waals surface area contributed by atoms with Gasteiger partial charge in [-0.25, -0.2) is 0 Å². The first-order valence-electron chi connectivity index (χ1n) is 5.26. The molecule has 0 bridgehead atoms. The lowest BCUT2D eigenvalue weighted by molar-refractivity contribution is -0.485. The lowest BCUT2D eigenvalue weighted by atomic mass is 9.91. The van der Waals surface area contributed by atoms with Gasteiger partial charge < -0.3 is 4.74 Å². The van der Waals surface area contributed by atoms with Crippen LogP contribution in [0.25, 0.3) is 0 Å². The summed E-state index contributed by atoms with van der Waals surface area (Å²) < 4.78 is 5.08. The number of carbonyl (C=O) groups is 1. The summed E-state index contributed by atoms with van der Waals surface area (Å²) in [5.41, 5.74) is 0.742. The van der Waals surface area contributed by atoms with Crippen molar-refractivity contribution < 1.29 is 14.5 Å². The SMILES string of the molecule is CO[C@@H](C(C)=O)[C@H](C[N+](=O)[O-])c1ccccc1. The average molecular weight is 237 g/mol. The Morgan fingerprint density at radius 2 is 2.00 bits per heavy atom. The molecule has 0 unspecified atom stereocenters. The van der Waals surface area contributed by atoms with Crippen molar-refractivity contribution in [3.05, 3.63) is 46.0 Å². The number of carbonyl (C=O) groups excluding carboxylic acids is 1. The molecule has 0 heterocycles. The molecule has 0 spiro atoms. The second kappa shape index (κ2) is 6.10. The van der Waals surface area contributed by atoms with Gasteiger partial charge in [-0.1, -0.05) is 30.3 Å². The van der Waals surface area contributed by atoms with Gasteiger partial charge in [0.1, 0.15) is 6.10 Å². The van der Waals surface area contributed by atoms with Crippen LogP contribution in [0.3, 0.4) is 0 Å². The molecule has 0 saturated heterocycles. The van der Waals surface area contributed by atoms with Crippen LogP contribution in [0.1, 0.15) is 18.4 Å². The smallest absolute Gasteiger partial charge is 0.213 e. The Balaban J connectivity index is 3.02. The first kappa shape index (κ1) is 13.3. The quantitative estimate of drug-likeness (QED) is 0.557. The molecular weight excluding hydrogens is 222 g/mol. The number of nitro groups is 1. The number of Topliss-reactive ketones (excluding diaryl/α,β-unsaturated/α-hetero) is 1. The van der Waals surface area contributed by atoms with Gasteiger partial charge in [0.25, 0.3) is 0 Å². The van der Waals surface area contributed by atoms with Gasteiger partial charge in [-0.3, -0.25) is 14.9 Å². The fourth-order valence-corrected chi connectivity index (χ4v) is 1.85. The van der Waals surface area contributed by atoms with Gasteiger partial charge in [-0.15, -0.1) is 0 Å². The molecule has 92 valence electrons. The summed E-state index contributed by atoms with van der Waals surface area (Å²) in [6, 6.07) is 8.93. The molecule has 0 aromatic heterocycles. The zero-order valence-electron chi connectivity index (χ0n) is 9.83. The highest BCUT2D eigenvalue weighted by Crippen LogP contribution is 2.22. The second-order valence-electron chi connectivity index (χ2n) is 3.80. The number of ether oxygens (including phenoxy) is 1. The minimum absolute atomic E-state index is 0.205. The molecular formula is C12H15NO4. The maximum Gasteiger partial charge on any atom is 0.213 e. The zero-order chi connectivity index (χ0) is 12.8. The first-order valence-corrected chi connectivity index (χ1v) is 5.26. The van der Waals surface area contributed by atoms with E-state index >= 15 is 0 Å². The van der Waals surface area contributed by atoms with Crippen molar-refractivity contribution in [1.29, 1.82) is 0 Å². The maximum atomic E-state index is 11.4. The van der Waals surface area contributed by atoms with Crippen LogP contribution in [-0.2, 0) is 9.53 Å². The Kier molecular flexibility index (Phi) is 4.78. The summed E-state index contributed by atoms with van der Waals surface area (Å²) in [5.74, 6) is -0.753. The third-order valence-electron chi connectivity index (χ3n) is 2.59. The lowest BCUT2D eigenvalue weighted by Crippen LogP contribution is -2.32. The minimum atomic E-state index is -0.775. The summed E-state index contributed by atoms with van der Waals surface area (Å²) in [5, 5.41) is 10.7. The van der Waals surface area contributed by atoms with Crippen molar-refractivity contribution in [3.8, 4) is 0 Å². The number of nitrogens with zero attached hydrogens (tertiary/aromatic N) is 1. The first-order chi connectivity index (χ1) is 8.06. The van der Waals surface area contributed by atoms with Crippen LogP contribution in [0.4, 0.5) is 0 Å². The number of hydrogen-bond acceptors (Lipinski definition) is 4. The molecule has 17 heavy (non-hydrogen) atoms. The number of ketones is 1. The third kappa shape index (κ3) is 3.64. The normalized spacial score (nSPS) is 14.0. The number of rotatable bonds is 6. The molecule has 0 aliphatic heterocycles. The summed E-state index contributed by atoms with van der Waals surface area (Å²) in [7, 11) is 1.39. The predicted molar refractivity (Wildman–Crippen MR) is 62.5 cm³/mol. The molecule has 0 radical (unpaired) electrons. The van der Waals surface area contributed by atoms with Gasteiger partial charge >= 0.3 is 0 Å². The number of hydrogen-bond donors (Lipinski definition) is 0. The van der Waals surface area contributed by atoms with E-state index < -0.39 is 16.9 Å². The van der Waals surface area contributed by atoms with Crippen LogP contribution in [0.2, 0.25) is 0 Å². The van der Waals surface area contributed by atoms with Crippen LogP contribution >= 0.6 is 0 Å². The predicted octanol–water partition coefficient (Wildman–Crippen LogP) is 1.65. The largest absolute Gasteiger partial charge is 0.373 e. The molecule has 0 aliphatic carbocycles. The van der Waals surface area contributed by atoms with Gasteiger partial charge in [-0.2, -0.15) is 0 Å².